The van der Waals surface area contributed by atoms with E-state index in [1.54, 1.807) is 37.8 Å². The van der Waals surface area contributed by atoms with E-state index < -0.39 is 0 Å². The van der Waals surface area contributed by atoms with Crippen LogP contribution in [0, 0.1) is 0 Å². The Labute approximate surface area is 113 Å². The molecule has 0 fully saturated rings. The molecule has 0 amide bonds. The summed E-state index contributed by atoms with van der Waals surface area (Å²) >= 11 is 0. The average Bonchev–Trinajstić information content (AvgIpc) is 2.32. The van der Waals surface area contributed by atoms with Gasteiger partial charge in [-0.1, -0.05) is 75.0 Å². The number of hydrogen-bond acceptors (Lipinski definition) is 0. The maximum atomic E-state index is 2.55. The zero-order valence-corrected chi connectivity index (χ0v) is 17.9. The van der Waals surface area contributed by atoms with E-state index in [2.05, 4.69) is 26.2 Å². The van der Waals surface area contributed by atoms with Crippen LogP contribution in [0.25, 0.3) is 0 Å². The predicted molar refractivity (Wildman–Crippen MR) is 93.2 cm³/mol. The van der Waals surface area contributed by atoms with E-state index in [1.807, 2.05) is 0 Å². The first kappa shape index (κ1) is 16.9. The second-order valence-electron chi connectivity index (χ2n) is 5.42. The van der Waals surface area contributed by atoms with Crippen molar-refractivity contribution in [1.82, 2.24) is 0 Å². The van der Waals surface area contributed by atoms with E-state index in [-0.39, 0.29) is 19.0 Å². The van der Waals surface area contributed by atoms with Gasteiger partial charge in [-0.3, -0.25) is 0 Å². The largest absolute Gasteiger partial charge is 0.0748 e. The van der Waals surface area contributed by atoms with Crippen LogP contribution in [0.2, 0.25) is 49.4 Å². The fourth-order valence-corrected chi connectivity index (χ4v) is 8.45. The van der Waals surface area contributed by atoms with Gasteiger partial charge in [0.2, 0.25) is 0 Å². The lowest BCUT2D eigenvalue weighted by Gasteiger charge is -2.21. The van der Waals surface area contributed by atoms with E-state index >= 15 is 0 Å². The SMILES string of the molecule is C[SiH2]CCCC(CC(CC[SiH2]C)[SiH2]C)[SiH2]C. The minimum Gasteiger partial charge on any atom is -0.0748 e. The van der Waals surface area contributed by atoms with Crippen molar-refractivity contribution >= 4 is 38.1 Å². The van der Waals surface area contributed by atoms with E-state index in [9.17, 15) is 0 Å². The van der Waals surface area contributed by atoms with Crippen LogP contribution in [-0.4, -0.2) is 38.1 Å². The summed E-state index contributed by atoms with van der Waals surface area (Å²) in [5, 5.41) is 0. The fourth-order valence-electron chi connectivity index (χ4n) is 2.62. The third-order valence-corrected chi connectivity index (χ3v) is 10.1. The molecule has 4 heteroatoms. The molecule has 0 aliphatic carbocycles. The number of hydrogen-bond donors (Lipinski definition) is 0. The van der Waals surface area contributed by atoms with Gasteiger partial charge in [0.25, 0.3) is 0 Å². The van der Waals surface area contributed by atoms with E-state index in [4.69, 9.17) is 0 Å². The smallest absolute Gasteiger partial charge is 0.0201 e. The minimum absolute atomic E-state index is 0.274. The summed E-state index contributed by atoms with van der Waals surface area (Å²) in [5.74, 6) is 0. The lowest BCUT2D eigenvalue weighted by atomic mass is 10.1. The molecule has 0 N–H and O–H groups in total. The molecule has 0 rings (SSSR count). The van der Waals surface area contributed by atoms with Gasteiger partial charge < -0.3 is 0 Å². The van der Waals surface area contributed by atoms with Crippen molar-refractivity contribution in [2.24, 2.45) is 0 Å². The summed E-state index contributed by atoms with van der Waals surface area (Å²) in [7, 11) is 1.24. The van der Waals surface area contributed by atoms with Crippen molar-refractivity contribution in [3.63, 3.8) is 0 Å². The molecule has 0 aliphatic heterocycles. The molecule has 0 spiro atoms. The van der Waals surface area contributed by atoms with Crippen LogP contribution in [0.4, 0.5) is 0 Å². The van der Waals surface area contributed by atoms with E-state index in [1.165, 1.54) is 11.1 Å². The average molecular weight is 291 g/mol. The summed E-state index contributed by atoms with van der Waals surface area (Å²) in [4.78, 5) is 0. The molecule has 0 aromatic heterocycles. The Morgan fingerprint density at radius 3 is 1.81 bits per heavy atom. The van der Waals surface area contributed by atoms with Gasteiger partial charge in [0.1, 0.15) is 0 Å². The van der Waals surface area contributed by atoms with Gasteiger partial charge >= 0.3 is 0 Å². The third kappa shape index (κ3) is 8.96. The quantitative estimate of drug-likeness (QED) is 0.402. The first-order chi connectivity index (χ1) is 7.78. The standard InChI is InChI=1S/C12H34Si4/c1-13-8-5-6-11(15-3)10-12(16-4)7-9-14-2/h11-12H,5-10,13-16H2,1-4H3. The highest BCUT2D eigenvalue weighted by Gasteiger charge is 2.13. The third-order valence-electron chi connectivity index (χ3n) is 4.00. The summed E-state index contributed by atoms with van der Waals surface area (Å²) in [6, 6.07) is 3.24. The maximum Gasteiger partial charge on any atom is 0.0201 e. The molecular weight excluding hydrogens is 256 g/mol. The topological polar surface area (TPSA) is 0 Å². The van der Waals surface area contributed by atoms with Crippen molar-refractivity contribution < 1.29 is 0 Å². The Balaban J connectivity index is 3.77. The molecule has 98 valence electrons. The Bertz CT molecular complexity index is 141. The molecule has 0 bridgehead atoms. The first-order valence-electron chi connectivity index (χ1n) is 7.78. The normalized spacial score (nSPS) is 18.0. The van der Waals surface area contributed by atoms with Gasteiger partial charge in [-0.05, 0) is 0 Å². The van der Waals surface area contributed by atoms with Crippen LogP contribution in [0.5, 0.6) is 0 Å². The van der Waals surface area contributed by atoms with Crippen LogP contribution in [0.15, 0.2) is 0 Å². The van der Waals surface area contributed by atoms with Crippen molar-refractivity contribution in [1.29, 1.82) is 0 Å². The Morgan fingerprint density at radius 1 is 0.750 bits per heavy atom. The first-order valence-corrected chi connectivity index (χ1v) is 17.1. The molecule has 0 aromatic rings. The second-order valence-corrected chi connectivity index (χ2v) is 12.8. The molecule has 2 unspecified atom stereocenters. The molecule has 0 saturated carbocycles. The molecule has 0 radical (unpaired) electrons. The summed E-state index contributed by atoms with van der Waals surface area (Å²) in [6.45, 7) is 10.0. The predicted octanol–water partition coefficient (Wildman–Crippen LogP) is 1.83. The zero-order valence-electron chi connectivity index (χ0n) is 12.2. The van der Waals surface area contributed by atoms with Crippen LogP contribution in [-0.2, 0) is 0 Å². The molecule has 0 saturated heterocycles. The minimum atomic E-state index is 0.274. The van der Waals surface area contributed by atoms with Crippen LogP contribution in [0.1, 0.15) is 25.7 Å². The van der Waals surface area contributed by atoms with Crippen LogP contribution in [0.3, 0.4) is 0 Å². The van der Waals surface area contributed by atoms with E-state index in [0.29, 0.717) is 19.0 Å². The van der Waals surface area contributed by atoms with Crippen LogP contribution < -0.4 is 0 Å². The lowest BCUT2D eigenvalue weighted by molar-refractivity contribution is 0.614. The molecule has 2 atom stereocenters. The van der Waals surface area contributed by atoms with Crippen molar-refractivity contribution in [3.8, 4) is 0 Å². The van der Waals surface area contributed by atoms with Crippen LogP contribution >= 0.6 is 0 Å². The zero-order chi connectivity index (χ0) is 12.2. The highest BCUT2D eigenvalue weighted by molar-refractivity contribution is 6.38. The van der Waals surface area contributed by atoms with Gasteiger partial charge in [0.15, 0.2) is 0 Å². The second kappa shape index (κ2) is 12.3. The molecule has 0 aliphatic rings. The van der Waals surface area contributed by atoms with Gasteiger partial charge in [-0.15, -0.1) is 0 Å². The molecular formula is C12H34Si4. The Morgan fingerprint density at radius 2 is 1.31 bits per heavy atom. The monoisotopic (exact) mass is 290 g/mol. The Hall–Kier alpha value is 0.868. The summed E-state index contributed by atoms with van der Waals surface area (Å²) < 4.78 is 0. The molecule has 0 nitrogen and oxygen atoms in total. The summed E-state index contributed by atoms with van der Waals surface area (Å²) in [6.07, 6.45) is 6.47. The molecule has 0 heterocycles. The van der Waals surface area contributed by atoms with E-state index in [0.717, 1.165) is 0 Å². The number of rotatable bonds is 11. The van der Waals surface area contributed by atoms with Crippen molar-refractivity contribution in [2.45, 2.75) is 75.0 Å². The van der Waals surface area contributed by atoms with Gasteiger partial charge in [-0.2, -0.15) is 0 Å². The van der Waals surface area contributed by atoms with Crippen molar-refractivity contribution in [3.05, 3.63) is 0 Å². The molecule has 0 aromatic carbocycles. The lowest BCUT2D eigenvalue weighted by Crippen LogP contribution is -2.09. The van der Waals surface area contributed by atoms with Gasteiger partial charge in [-0.25, -0.2) is 0 Å². The van der Waals surface area contributed by atoms with Gasteiger partial charge in [0.05, 0.1) is 0 Å². The van der Waals surface area contributed by atoms with Gasteiger partial charge in [0, 0.05) is 38.1 Å². The Kier molecular flexibility index (Phi) is 13.0. The molecule has 16 heavy (non-hydrogen) atoms. The maximum absolute atomic E-state index is 2.55. The summed E-state index contributed by atoms with van der Waals surface area (Å²) in [5.41, 5.74) is 2.44. The highest BCUT2D eigenvalue weighted by Crippen LogP contribution is 2.29. The van der Waals surface area contributed by atoms with Crippen molar-refractivity contribution in [2.75, 3.05) is 0 Å². The highest BCUT2D eigenvalue weighted by atomic mass is 28.2. The fraction of sp³-hybridized carbons (Fsp3) is 1.00.